The van der Waals surface area contributed by atoms with E-state index in [1.165, 1.54) is 11.8 Å². The Morgan fingerprint density at radius 3 is 2.50 bits per heavy atom. The van der Waals surface area contributed by atoms with Gasteiger partial charge in [0.25, 0.3) is 0 Å². The number of amides is 1. The molecule has 0 aliphatic carbocycles. The highest BCUT2D eigenvalue weighted by Gasteiger charge is 2.50. The third-order valence-electron chi connectivity index (χ3n) is 3.45. The maximum absolute atomic E-state index is 11.7. The average molecular weight is 287 g/mol. The van der Waals surface area contributed by atoms with Gasteiger partial charge in [-0.1, -0.05) is 11.8 Å². The predicted molar refractivity (Wildman–Crippen MR) is 74.9 cm³/mol. The van der Waals surface area contributed by atoms with Crippen molar-refractivity contribution in [3.63, 3.8) is 0 Å². The Balaban J connectivity index is 2.02. The van der Waals surface area contributed by atoms with E-state index in [2.05, 4.69) is 25.0 Å². The van der Waals surface area contributed by atoms with E-state index >= 15 is 0 Å². The van der Waals surface area contributed by atoms with Crippen molar-refractivity contribution in [2.45, 2.75) is 45.1 Å². The molecule has 2 rings (SSSR count). The Labute approximate surface area is 113 Å². The van der Waals surface area contributed by atoms with Crippen molar-refractivity contribution in [1.82, 2.24) is 5.32 Å². The molecule has 6 heteroatoms. The minimum absolute atomic E-state index is 0.00801. The first-order valence-corrected chi connectivity index (χ1v) is 10.8. The Bertz CT molecular complexity index is 369. The number of nitrogens with one attached hydrogen (secondary N) is 1. The summed E-state index contributed by atoms with van der Waals surface area (Å²) in [5, 5.41) is 3.12. The highest BCUT2D eigenvalue weighted by Crippen LogP contribution is 2.37. The minimum Gasteiger partial charge on any atom is -0.414 e. The standard InChI is InChI=1S/C12H21NO3SSi/c1-7(16-18(2,3)4)9-10(13-11(9)14)8-5-6-17-12(8)15/h7-10H,5-6H2,1-4H3,(H,13,14)/t7-,8?,9-,10-/m1/s1. The van der Waals surface area contributed by atoms with E-state index in [1.54, 1.807) is 0 Å². The Kier molecular flexibility index (Phi) is 3.90. The van der Waals surface area contributed by atoms with Gasteiger partial charge in [-0.15, -0.1) is 0 Å². The zero-order chi connectivity index (χ0) is 13.5. The minimum atomic E-state index is -1.65. The number of carbonyl (C=O) groups excluding carboxylic acids is 2. The van der Waals surface area contributed by atoms with Crippen molar-refractivity contribution < 1.29 is 14.0 Å². The number of carbonyl (C=O) groups is 2. The van der Waals surface area contributed by atoms with E-state index in [0.29, 0.717) is 0 Å². The van der Waals surface area contributed by atoms with Crippen molar-refractivity contribution in [3.05, 3.63) is 0 Å². The van der Waals surface area contributed by atoms with Gasteiger partial charge in [-0.3, -0.25) is 9.59 Å². The van der Waals surface area contributed by atoms with E-state index < -0.39 is 8.32 Å². The molecule has 18 heavy (non-hydrogen) atoms. The highest BCUT2D eigenvalue weighted by atomic mass is 32.2. The second-order valence-electron chi connectivity index (χ2n) is 6.06. The summed E-state index contributed by atoms with van der Waals surface area (Å²) >= 11 is 1.39. The van der Waals surface area contributed by atoms with Crippen molar-refractivity contribution in [1.29, 1.82) is 0 Å². The molecule has 1 N–H and O–H groups in total. The van der Waals surface area contributed by atoms with E-state index in [0.717, 1.165) is 12.2 Å². The molecule has 2 aliphatic rings. The lowest BCUT2D eigenvalue weighted by Crippen LogP contribution is -2.66. The molecular weight excluding hydrogens is 266 g/mol. The predicted octanol–water partition coefficient (Wildman–Crippen LogP) is 1.62. The summed E-state index contributed by atoms with van der Waals surface area (Å²) in [6, 6.07) is -0.00801. The van der Waals surface area contributed by atoms with Gasteiger partial charge in [0.1, 0.15) is 0 Å². The maximum atomic E-state index is 11.7. The molecule has 0 aromatic heterocycles. The number of hydrogen-bond donors (Lipinski definition) is 1. The average Bonchev–Trinajstić information content (AvgIpc) is 2.57. The normalized spacial score (nSPS) is 34.1. The molecule has 2 aliphatic heterocycles. The molecule has 0 spiro atoms. The third-order valence-corrected chi connectivity index (χ3v) is 5.56. The van der Waals surface area contributed by atoms with Gasteiger partial charge in [0.15, 0.2) is 13.4 Å². The molecular formula is C12H21NO3SSi. The molecule has 102 valence electrons. The lowest BCUT2D eigenvalue weighted by atomic mass is 9.78. The van der Waals surface area contributed by atoms with Crippen LogP contribution in [-0.4, -0.2) is 37.2 Å². The summed E-state index contributed by atoms with van der Waals surface area (Å²) in [5.74, 6) is 0.761. The Morgan fingerprint density at radius 1 is 1.39 bits per heavy atom. The zero-order valence-corrected chi connectivity index (χ0v) is 13.2. The van der Waals surface area contributed by atoms with Crippen LogP contribution in [-0.2, 0) is 14.0 Å². The van der Waals surface area contributed by atoms with Gasteiger partial charge in [-0.05, 0) is 33.0 Å². The van der Waals surface area contributed by atoms with E-state index in [1.807, 2.05) is 6.92 Å². The van der Waals surface area contributed by atoms with Crippen LogP contribution in [0.3, 0.4) is 0 Å². The summed E-state index contributed by atoms with van der Waals surface area (Å²) < 4.78 is 6.00. The summed E-state index contributed by atoms with van der Waals surface area (Å²) in [5.41, 5.74) is 0. The van der Waals surface area contributed by atoms with Gasteiger partial charge in [0, 0.05) is 5.75 Å². The fraction of sp³-hybridized carbons (Fsp3) is 0.833. The van der Waals surface area contributed by atoms with Crippen molar-refractivity contribution >= 4 is 31.1 Å². The quantitative estimate of drug-likeness (QED) is 0.630. The lowest BCUT2D eigenvalue weighted by molar-refractivity contribution is -0.143. The molecule has 0 saturated carbocycles. The first-order chi connectivity index (χ1) is 8.29. The lowest BCUT2D eigenvalue weighted by Gasteiger charge is -2.44. The first kappa shape index (κ1) is 14.1. The second-order valence-corrected chi connectivity index (χ2v) is 11.6. The molecule has 2 saturated heterocycles. The monoisotopic (exact) mass is 287 g/mol. The van der Waals surface area contributed by atoms with Crippen molar-refractivity contribution in [2.75, 3.05) is 5.75 Å². The molecule has 2 fully saturated rings. The van der Waals surface area contributed by atoms with Crippen LogP contribution in [0.25, 0.3) is 0 Å². The second kappa shape index (κ2) is 4.98. The summed E-state index contributed by atoms with van der Waals surface area (Å²) in [6.07, 6.45) is 0.791. The number of rotatable bonds is 4. The van der Waals surface area contributed by atoms with Crippen LogP contribution in [0.2, 0.25) is 19.6 Å². The Morgan fingerprint density at radius 2 is 2.06 bits per heavy atom. The molecule has 0 bridgehead atoms. The van der Waals surface area contributed by atoms with Gasteiger partial charge in [-0.2, -0.15) is 0 Å². The third kappa shape index (κ3) is 2.80. The molecule has 4 atom stereocenters. The van der Waals surface area contributed by atoms with Gasteiger partial charge >= 0.3 is 0 Å². The molecule has 0 aromatic rings. The van der Waals surface area contributed by atoms with Crippen molar-refractivity contribution in [2.24, 2.45) is 11.8 Å². The highest BCUT2D eigenvalue weighted by molar-refractivity contribution is 8.14. The van der Waals surface area contributed by atoms with Crippen LogP contribution in [0.1, 0.15) is 13.3 Å². The fourth-order valence-electron chi connectivity index (χ4n) is 2.74. The van der Waals surface area contributed by atoms with Crippen LogP contribution < -0.4 is 5.32 Å². The first-order valence-electron chi connectivity index (χ1n) is 6.44. The molecule has 4 nitrogen and oxygen atoms in total. The van der Waals surface area contributed by atoms with Crippen LogP contribution in [0.15, 0.2) is 0 Å². The van der Waals surface area contributed by atoms with Crippen LogP contribution in [0.4, 0.5) is 0 Å². The number of thioether (sulfide) groups is 1. The Hall–Kier alpha value is -0.333. The smallest absolute Gasteiger partial charge is 0.228 e. The number of β-lactam (4-membered cyclic amide) rings is 1. The van der Waals surface area contributed by atoms with Gasteiger partial charge < -0.3 is 9.74 Å². The van der Waals surface area contributed by atoms with E-state index in [-0.39, 0.29) is 35.0 Å². The number of hydrogen-bond acceptors (Lipinski definition) is 4. The van der Waals surface area contributed by atoms with Gasteiger partial charge in [0.05, 0.1) is 24.0 Å². The molecule has 2 heterocycles. The van der Waals surface area contributed by atoms with Gasteiger partial charge in [-0.25, -0.2) is 0 Å². The van der Waals surface area contributed by atoms with Gasteiger partial charge in [0.2, 0.25) is 5.91 Å². The molecule has 0 aromatic carbocycles. The molecule has 1 amide bonds. The topological polar surface area (TPSA) is 55.4 Å². The summed E-state index contributed by atoms with van der Waals surface area (Å²) in [6.45, 7) is 8.31. The van der Waals surface area contributed by atoms with Crippen LogP contribution >= 0.6 is 11.8 Å². The SMILES string of the molecule is C[C@@H](O[Si](C)(C)C)[C@H]1C(=O)N[C@@H]1C1CCSC1=O. The largest absolute Gasteiger partial charge is 0.414 e. The van der Waals surface area contributed by atoms with E-state index in [9.17, 15) is 9.59 Å². The summed E-state index contributed by atoms with van der Waals surface area (Å²) in [4.78, 5) is 23.5. The van der Waals surface area contributed by atoms with Crippen LogP contribution in [0, 0.1) is 11.8 Å². The van der Waals surface area contributed by atoms with E-state index in [4.69, 9.17) is 4.43 Å². The maximum Gasteiger partial charge on any atom is 0.228 e. The van der Waals surface area contributed by atoms with Crippen LogP contribution in [0.5, 0.6) is 0 Å². The molecule has 1 unspecified atom stereocenters. The molecule has 0 radical (unpaired) electrons. The van der Waals surface area contributed by atoms with Crippen molar-refractivity contribution in [3.8, 4) is 0 Å². The summed E-state index contributed by atoms with van der Waals surface area (Å²) in [7, 11) is -1.65. The zero-order valence-electron chi connectivity index (χ0n) is 11.4. The fourth-order valence-corrected chi connectivity index (χ4v) is 5.06.